The summed E-state index contributed by atoms with van der Waals surface area (Å²) in [5.74, 6) is -0.799. The SMILES string of the molecule is Cc1ccc(F)c(NS(=O)(=O)c2cc([N+](=O)[O-])cc(Cl)c2Cl)c1. The monoisotopic (exact) mass is 378 g/mol. The minimum absolute atomic E-state index is 0.300. The van der Waals surface area contributed by atoms with Crippen molar-refractivity contribution >= 4 is 44.6 Å². The molecule has 23 heavy (non-hydrogen) atoms. The molecule has 0 heterocycles. The molecule has 2 aromatic rings. The first kappa shape index (κ1) is 17.5. The quantitative estimate of drug-likeness (QED) is 0.638. The van der Waals surface area contributed by atoms with Gasteiger partial charge in [-0.1, -0.05) is 29.3 Å². The van der Waals surface area contributed by atoms with Crippen LogP contribution in [0.1, 0.15) is 5.56 Å². The van der Waals surface area contributed by atoms with Crippen molar-refractivity contribution in [2.75, 3.05) is 4.72 Å². The minimum Gasteiger partial charge on any atom is -0.277 e. The lowest BCUT2D eigenvalue weighted by molar-refractivity contribution is -0.385. The second-order valence-corrected chi connectivity index (χ2v) is 7.02. The van der Waals surface area contributed by atoms with Gasteiger partial charge in [0.05, 0.1) is 20.7 Å². The second kappa shape index (κ2) is 6.31. The van der Waals surface area contributed by atoms with E-state index < -0.39 is 36.4 Å². The zero-order valence-corrected chi connectivity index (χ0v) is 13.8. The standard InChI is InChI=1S/C13H9Cl2FN2O4S/c1-7-2-3-10(16)11(4-7)17-23(21,22)12-6-8(18(19)20)5-9(14)13(12)15/h2-6,17H,1H3. The highest BCUT2D eigenvalue weighted by Crippen LogP contribution is 2.34. The third-order valence-electron chi connectivity index (χ3n) is 2.85. The molecule has 0 aliphatic heterocycles. The number of aryl methyl sites for hydroxylation is 1. The van der Waals surface area contributed by atoms with Crippen molar-refractivity contribution in [3.8, 4) is 0 Å². The minimum atomic E-state index is -4.37. The summed E-state index contributed by atoms with van der Waals surface area (Å²) in [5.41, 5.74) is -0.236. The van der Waals surface area contributed by atoms with E-state index in [1.54, 1.807) is 6.92 Å². The van der Waals surface area contributed by atoms with Gasteiger partial charge in [-0.2, -0.15) is 0 Å². The van der Waals surface area contributed by atoms with E-state index in [-0.39, 0.29) is 10.7 Å². The number of rotatable bonds is 4. The molecule has 0 aromatic heterocycles. The average molecular weight is 379 g/mol. The maximum absolute atomic E-state index is 13.7. The number of nitrogens with one attached hydrogen (secondary N) is 1. The molecular formula is C13H9Cl2FN2O4S. The molecule has 0 fully saturated rings. The predicted octanol–water partition coefficient (Wildman–Crippen LogP) is 4.15. The molecule has 0 unspecified atom stereocenters. The molecule has 0 saturated heterocycles. The lowest BCUT2D eigenvalue weighted by Gasteiger charge is -2.11. The fourth-order valence-corrected chi connectivity index (χ4v) is 3.63. The summed E-state index contributed by atoms with van der Waals surface area (Å²) in [6, 6.07) is 5.51. The Morgan fingerprint density at radius 1 is 1.22 bits per heavy atom. The van der Waals surface area contributed by atoms with Crippen molar-refractivity contribution in [3.63, 3.8) is 0 Å². The van der Waals surface area contributed by atoms with Crippen LogP contribution in [0.15, 0.2) is 35.2 Å². The van der Waals surface area contributed by atoms with Crippen molar-refractivity contribution in [3.05, 3.63) is 61.9 Å². The fraction of sp³-hybridized carbons (Fsp3) is 0.0769. The van der Waals surface area contributed by atoms with Crippen LogP contribution >= 0.6 is 23.2 Å². The van der Waals surface area contributed by atoms with Crippen LogP contribution in [0.2, 0.25) is 10.0 Å². The Balaban J connectivity index is 2.56. The number of nitrogens with zero attached hydrogens (tertiary/aromatic N) is 1. The summed E-state index contributed by atoms with van der Waals surface area (Å²) in [7, 11) is -4.37. The van der Waals surface area contributed by atoms with Gasteiger partial charge in [0, 0.05) is 12.1 Å². The van der Waals surface area contributed by atoms with Crippen molar-refractivity contribution in [1.29, 1.82) is 0 Å². The zero-order chi connectivity index (χ0) is 17.4. The Morgan fingerprint density at radius 2 is 1.87 bits per heavy atom. The van der Waals surface area contributed by atoms with Crippen LogP contribution < -0.4 is 4.72 Å². The van der Waals surface area contributed by atoms with E-state index in [2.05, 4.69) is 0 Å². The number of benzene rings is 2. The summed E-state index contributed by atoms with van der Waals surface area (Å²) in [6.07, 6.45) is 0. The van der Waals surface area contributed by atoms with E-state index in [0.717, 1.165) is 18.2 Å². The van der Waals surface area contributed by atoms with E-state index in [9.17, 15) is 22.9 Å². The van der Waals surface area contributed by atoms with E-state index in [4.69, 9.17) is 23.2 Å². The normalized spacial score (nSPS) is 11.3. The zero-order valence-electron chi connectivity index (χ0n) is 11.5. The lowest BCUT2D eigenvalue weighted by atomic mass is 10.2. The Bertz CT molecular complexity index is 903. The highest BCUT2D eigenvalue weighted by molar-refractivity contribution is 7.92. The molecule has 0 radical (unpaired) electrons. The maximum Gasteiger partial charge on any atom is 0.272 e. The third-order valence-corrected chi connectivity index (χ3v) is 5.15. The lowest BCUT2D eigenvalue weighted by Crippen LogP contribution is -2.15. The maximum atomic E-state index is 13.7. The topological polar surface area (TPSA) is 89.3 Å². The molecule has 6 nitrogen and oxygen atoms in total. The smallest absolute Gasteiger partial charge is 0.272 e. The summed E-state index contributed by atoms with van der Waals surface area (Å²) >= 11 is 11.6. The van der Waals surface area contributed by atoms with Crippen LogP contribution in [-0.2, 0) is 10.0 Å². The molecule has 0 atom stereocenters. The van der Waals surface area contributed by atoms with Gasteiger partial charge >= 0.3 is 0 Å². The van der Waals surface area contributed by atoms with Crippen LogP contribution in [0.4, 0.5) is 15.8 Å². The van der Waals surface area contributed by atoms with Crippen molar-refractivity contribution in [1.82, 2.24) is 0 Å². The molecular weight excluding hydrogens is 370 g/mol. The molecule has 0 saturated carbocycles. The number of non-ortho nitro benzene ring substituents is 1. The number of hydrogen-bond acceptors (Lipinski definition) is 4. The van der Waals surface area contributed by atoms with Gasteiger partial charge in [0.25, 0.3) is 15.7 Å². The summed E-state index contributed by atoms with van der Waals surface area (Å²) in [5, 5.41) is 10.1. The summed E-state index contributed by atoms with van der Waals surface area (Å²) in [6.45, 7) is 1.65. The predicted molar refractivity (Wildman–Crippen MR) is 85.1 cm³/mol. The van der Waals surface area contributed by atoms with E-state index in [0.29, 0.717) is 5.56 Å². The number of nitro benzene ring substituents is 1. The van der Waals surface area contributed by atoms with E-state index in [1.165, 1.54) is 12.1 Å². The van der Waals surface area contributed by atoms with Gasteiger partial charge in [-0.25, -0.2) is 12.8 Å². The molecule has 1 N–H and O–H groups in total. The first-order valence-electron chi connectivity index (χ1n) is 6.04. The van der Waals surface area contributed by atoms with Gasteiger partial charge in [0.15, 0.2) is 0 Å². The average Bonchev–Trinajstić information content (AvgIpc) is 2.44. The van der Waals surface area contributed by atoms with Crippen LogP contribution in [-0.4, -0.2) is 13.3 Å². The van der Waals surface area contributed by atoms with Crippen molar-refractivity contribution < 1.29 is 17.7 Å². The number of anilines is 1. The highest BCUT2D eigenvalue weighted by Gasteiger charge is 2.25. The van der Waals surface area contributed by atoms with E-state index >= 15 is 0 Å². The Kier molecular flexibility index (Phi) is 4.79. The first-order valence-corrected chi connectivity index (χ1v) is 8.28. The molecule has 10 heteroatoms. The molecule has 122 valence electrons. The largest absolute Gasteiger partial charge is 0.277 e. The number of nitro groups is 1. The molecule has 0 aliphatic carbocycles. The van der Waals surface area contributed by atoms with Gasteiger partial charge < -0.3 is 0 Å². The number of sulfonamides is 1. The number of halogens is 3. The van der Waals surface area contributed by atoms with Crippen LogP contribution in [0.25, 0.3) is 0 Å². The molecule has 2 aromatic carbocycles. The molecule has 0 amide bonds. The van der Waals surface area contributed by atoms with Gasteiger partial charge in [-0.15, -0.1) is 0 Å². The first-order chi connectivity index (χ1) is 10.6. The highest BCUT2D eigenvalue weighted by atomic mass is 35.5. The molecule has 2 rings (SSSR count). The fourth-order valence-electron chi connectivity index (χ4n) is 1.77. The Hall–Kier alpha value is -1.90. The summed E-state index contributed by atoms with van der Waals surface area (Å²) < 4.78 is 40.5. The van der Waals surface area contributed by atoms with E-state index in [1.807, 2.05) is 4.72 Å². The van der Waals surface area contributed by atoms with Gasteiger partial charge in [-0.05, 0) is 24.6 Å². The van der Waals surface area contributed by atoms with Crippen LogP contribution in [0.3, 0.4) is 0 Å². The second-order valence-electron chi connectivity index (χ2n) is 4.59. The molecule has 0 bridgehead atoms. The Morgan fingerprint density at radius 3 is 2.48 bits per heavy atom. The van der Waals surface area contributed by atoms with Gasteiger partial charge in [0.2, 0.25) is 0 Å². The number of hydrogen-bond donors (Lipinski definition) is 1. The third kappa shape index (κ3) is 3.72. The van der Waals surface area contributed by atoms with Crippen molar-refractivity contribution in [2.24, 2.45) is 0 Å². The molecule has 0 aliphatic rings. The van der Waals surface area contributed by atoms with Gasteiger partial charge in [-0.3, -0.25) is 14.8 Å². The summed E-state index contributed by atoms with van der Waals surface area (Å²) in [4.78, 5) is 9.41. The van der Waals surface area contributed by atoms with Crippen LogP contribution in [0, 0.1) is 22.9 Å². The molecule has 0 spiro atoms. The van der Waals surface area contributed by atoms with Gasteiger partial charge in [0.1, 0.15) is 10.7 Å². The van der Waals surface area contributed by atoms with Crippen LogP contribution in [0.5, 0.6) is 0 Å². The Labute approximate surface area is 141 Å². The van der Waals surface area contributed by atoms with Crippen molar-refractivity contribution in [2.45, 2.75) is 11.8 Å².